The van der Waals surface area contributed by atoms with E-state index in [0.717, 1.165) is 17.9 Å². The van der Waals surface area contributed by atoms with Crippen LogP contribution in [0.4, 0.5) is 0 Å². The van der Waals surface area contributed by atoms with E-state index < -0.39 is 0 Å². The van der Waals surface area contributed by atoms with Gasteiger partial charge in [0, 0.05) is 28.6 Å². The van der Waals surface area contributed by atoms with E-state index in [9.17, 15) is 0 Å². The molecule has 1 heterocycles. The second kappa shape index (κ2) is 4.01. The van der Waals surface area contributed by atoms with Crippen LogP contribution in [-0.2, 0) is 6.54 Å². The average Bonchev–Trinajstić information content (AvgIpc) is 1.85. The summed E-state index contributed by atoms with van der Waals surface area (Å²) >= 11 is 2.25. The summed E-state index contributed by atoms with van der Waals surface area (Å²) in [5.41, 5.74) is 2.21. The Hall–Kier alpha value is -0.160. The van der Waals surface area contributed by atoms with Gasteiger partial charge in [0.25, 0.3) is 0 Å². The molecule has 0 unspecified atom stereocenters. The van der Waals surface area contributed by atoms with Crippen LogP contribution in [0.3, 0.4) is 0 Å². The summed E-state index contributed by atoms with van der Waals surface area (Å²) in [5.74, 6) is 0. The SMILES string of the molecule is Cc1cccc(CN(C)I)n1. The topological polar surface area (TPSA) is 16.1 Å². The molecule has 0 aromatic carbocycles. The summed E-state index contributed by atoms with van der Waals surface area (Å²) in [5, 5.41) is 0. The molecule has 1 rings (SSSR count). The third-order valence-corrected chi connectivity index (χ3v) is 1.67. The number of pyridine rings is 1. The molecule has 1 aromatic rings. The first kappa shape index (κ1) is 8.93. The minimum Gasteiger partial charge on any atom is -0.257 e. The fraction of sp³-hybridized carbons (Fsp3) is 0.375. The van der Waals surface area contributed by atoms with Crippen LogP contribution in [-0.4, -0.2) is 15.1 Å². The quantitative estimate of drug-likeness (QED) is 0.599. The van der Waals surface area contributed by atoms with Crippen molar-refractivity contribution >= 4 is 22.9 Å². The van der Waals surface area contributed by atoms with Crippen LogP contribution in [0.5, 0.6) is 0 Å². The van der Waals surface area contributed by atoms with Gasteiger partial charge in [0.15, 0.2) is 0 Å². The first-order valence-electron chi connectivity index (χ1n) is 3.48. The van der Waals surface area contributed by atoms with E-state index in [0.29, 0.717) is 0 Å². The normalized spacial score (nSPS) is 10.5. The van der Waals surface area contributed by atoms with Gasteiger partial charge in [-0.15, -0.1) is 0 Å². The lowest BCUT2D eigenvalue weighted by atomic mass is 10.3. The van der Waals surface area contributed by atoms with Crippen LogP contribution in [0.25, 0.3) is 0 Å². The zero-order valence-corrected chi connectivity index (χ0v) is 8.87. The van der Waals surface area contributed by atoms with Crippen LogP contribution < -0.4 is 0 Å². The van der Waals surface area contributed by atoms with E-state index in [2.05, 4.69) is 31.0 Å². The minimum atomic E-state index is 0.905. The zero-order chi connectivity index (χ0) is 8.27. The molecule has 0 amide bonds. The molecule has 0 aliphatic rings. The lowest BCUT2D eigenvalue weighted by molar-refractivity contribution is 0.597. The number of hydrogen-bond donors (Lipinski definition) is 0. The monoisotopic (exact) mass is 262 g/mol. The fourth-order valence-corrected chi connectivity index (χ4v) is 1.26. The van der Waals surface area contributed by atoms with E-state index in [1.807, 2.05) is 32.2 Å². The van der Waals surface area contributed by atoms with E-state index in [1.165, 1.54) is 0 Å². The predicted octanol–water partition coefficient (Wildman–Crippen LogP) is 2.17. The smallest absolute Gasteiger partial charge is 0.0555 e. The van der Waals surface area contributed by atoms with Crippen molar-refractivity contribution in [2.45, 2.75) is 13.5 Å². The molecule has 0 radical (unpaired) electrons. The van der Waals surface area contributed by atoms with Crippen LogP contribution in [0.2, 0.25) is 0 Å². The molecule has 0 fully saturated rings. The molecule has 60 valence electrons. The van der Waals surface area contributed by atoms with Crippen molar-refractivity contribution in [2.75, 3.05) is 7.05 Å². The summed E-state index contributed by atoms with van der Waals surface area (Å²) in [6.07, 6.45) is 0. The Morgan fingerprint density at radius 2 is 2.27 bits per heavy atom. The second-order valence-electron chi connectivity index (χ2n) is 2.53. The van der Waals surface area contributed by atoms with Crippen molar-refractivity contribution in [3.05, 3.63) is 29.6 Å². The second-order valence-corrected chi connectivity index (χ2v) is 4.18. The molecule has 0 saturated heterocycles. The molecule has 2 nitrogen and oxygen atoms in total. The van der Waals surface area contributed by atoms with E-state index in [1.54, 1.807) is 0 Å². The van der Waals surface area contributed by atoms with Crippen LogP contribution >= 0.6 is 22.9 Å². The largest absolute Gasteiger partial charge is 0.257 e. The molecule has 11 heavy (non-hydrogen) atoms. The lowest BCUT2D eigenvalue weighted by Crippen LogP contribution is -2.05. The Kier molecular flexibility index (Phi) is 3.26. The highest BCUT2D eigenvalue weighted by Gasteiger charge is 1.96. The van der Waals surface area contributed by atoms with Crippen molar-refractivity contribution < 1.29 is 0 Å². The highest BCUT2D eigenvalue weighted by atomic mass is 127. The molecule has 0 bridgehead atoms. The molecular formula is C8H11IN2. The summed E-state index contributed by atoms with van der Waals surface area (Å²) in [6.45, 7) is 2.92. The molecule has 0 aliphatic heterocycles. The number of aryl methyl sites for hydroxylation is 1. The maximum Gasteiger partial charge on any atom is 0.0555 e. The predicted molar refractivity (Wildman–Crippen MR) is 54.5 cm³/mol. The van der Waals surface area contributed by atoms with Gasteiger partial charge < -0.3 is 0 Å². The molecule has 0 aliphatic carbocycles. The molecular weight excluding hydrogens is 251 g/mol. The van der Waals surface area contributed by atoms with Crippen molar-refractivity contribution in [2.24, 2.45) is 0 Å². The zero-order valence-electron chi connectivity index (χ0n) is 6.71. The van der Waals surface area contributed by atoms with Crippen LogP contribution in [0.15, 0.2) is 18.2 Å². The van der Waals surface area contributed by atoms with Crippen molar-refractivity contribution in [1.82, 2.24) is 8.10 Å². The number of nitrogens with zero attached hydrogens (tertiary/aromatic N) is 2. The van der Waals surface area contributed by atoms with Gasteiger partial charge in [0.2, 0.25) is 0 Å². The van der Waals surface area contributed by atoms with Gasteiger partial charge >= 0.3 is 0 Å². The highest BCUT2D eigenvalue weighted by molar-refractivity contribution is 14.1. The first-order valence-corrected chi connectivity index (χ1v) is 4.44. The molecule has 0 saturated carbocycles. The summed E-state index contributed by atoms with van der Waals surface area (Å²) in [6, 6.07) is 6.09. The van der Waals surface area contributed by atoms with Crippen molar-refractivity contribution in [1.29, 1.82) is 0 Å². The van der Waals surface area contributed by atoms with E-state index in [-0.39, 0.29) is 0 Å². The number of rotatable bonds is 2. The standard InChI is InChI=1S/C8H11IN2/c1-7-4-3-5-8(10-7)6-11(2)9/h3-5H,6H2,1-2H3. The lowest BCUT2D eigenvalue weighted by Gasteiger charge is -2.06. The highest BCUT2D eigenvalue weighted by Crippen LogP contribution is 2.04. The average molecular weight is 262 g/mol. The Morgan fingerprint density at radius 3 is 2.82 bits per heavy atom. The van der Waals surface area contributed by atoms with Gasteiger partial charge in [0.1, 0.15) is 0 Å². The summed E-state index contributed by atoms with van der Waals surface area (Å²) in [4.78, 5) is 4.37. The number of hydrogen-bond acceptors (Lipinski definition) is 2. The van der Waals surface area contributed by atoms with Crippen LogP contribution in [0.1, 0.15) is 11.4 Å². The van der Waals surface area contributed by atoms with E-state index >= 15 is 0 Å². The van der Waals surface area contributed by atoms with Gasteiger partial charge in [-0.05, 0) is 26.1 Å². The van der Waals surface area contributed by atoms with Gasteiger partial charge in [-0.3, -0.25) is 4.98 Å². The maximum atomic E-state index is 4.37. The number of halogens is 1. The van der Waals surface area contributed by atoms with Gasteiger partial charge in [-0.25, -0.2) is 3.11 Å². The van der Waals surface area contributed by atoms with Gasteiger partial charge in [0.05, 0.1) is 12.2 Å². The third kappa shape index (κ3) is 3.16. The third-order valence-electron chi connectivity index (χ3n) is 1.33. The van der Waals surface area contributed by atoms with E-state index in [4.69, 9.17) is 0 Å². The molecule has 0 atom stereocenters. The van der Waals surface area contributed by atoms with Crippen molar-refractivity contribution in [3.63, 3.8) is 0 Å². The summed E-state index contributed by atoms with van der Waals surface area (Å²) < 4.78 is 2.08. The summed E-state index contributed by atoms with van der Waals surface area (Å²) in [7, 11) is 2.03. The maximum absolute atomic E-state index is 4.37. The van der Waals surface area contributed by atoms with Gasteiger partial charge in [-0.2, -0.15) is 0 Å². The molecule has 0 N–H and O–H groups in total. The Bertz CT molecular complexity index is 235. The molecule has 0 spiro atoms. The number of aromatic nitrogens is 1. The Balaban J connectivity index is 2.71. The molecule has 3 heteroatoms. The Labute approximate surface area is 81.1 Å². The Morgan fingerprint density at radius 1 is 1.55 bits per heavy atom. The fourth-order valence-electron chi connectivity index (χ4n) is 0.911. The van der Waals surface area contributed by atoms with Crippen LogP contribution in [0, 0.1) is 6.92 Å². The van der Waals surface area contributed by atoms with Crippen molar-refractivity contribution in [3.8, 4) is 0 Å². The van der Waals surface area contributed by atoms with Gasteiger partial charge in [-0.1, -0.05) is 6.07 Å². The first-order chi connectivity index (χ1) is 5.18. The minimum absolute atomic E-state index is 0.905. The molecule has 1 aromatic heterocycles.